The third-order valence-electron chi connectivity index (χ3n) is 6.61. The molecule has 2 N–H and O–H groups in total. The molecule has 10 nitrogen and oxygen atoms in total. The quantitative estimate of drug-likeness (QED) is 0.360. The minimum atomic E-state index is -3.26. The van der Waals surface area contributed by atoms with Crippen LogP contribution in [0.25, 0.3) is 22.2 Å². The summed E-state index contributed by atoms with van der Waals surface area (Å²) in [6, 6.07) is 7.96. The van der Waals surface area contributed by atoms with Crippen molar-refractivity contribution < 1.29 is 8.42 Å². The molecule has 4 aromatic rings. The number of benzene rings is 1. The maximum Gasteiger partial charge on any atom is 0.209 e. The Balaban J connectivity index is 1.47. The van der Waals surface area contributed by atoms with E-state index in [0.717, 1.165) is 16.5 Å². The molecule has 2 atom stereocenters. The van der Waals surface area contributed by atoms with Crippen LogP contribution < -0.4 is 14.9 Å². The number of anilines is 3. The van der Waals surface area contributed by atoms with E-state index in [1.54, 1.807) is 30.2 Å². The molecule has 0 spiro atoms. The molecule has 1 aromatic carbocycles. The van der Waals surface area contributed by atoms with Crippen LogP contribution in [0.15, 0.2) is 42.9 Å². The Labute approximate surface area is 221 Å². The zero-order valence-electron chi connectivity index (χ0n) is 21.3. The lowest BCUT2D eigenvalue weighted by Gasteiger charge is -2.48. The summed E-state index contributed by atoms with van der Waals surface area (Å²) in [6.07, 6.45) is 6.50. The highest BCUT2D eigenvalue weighted by molar-refractivity contribution is 7.88. The number of aryl methyl sites for hydroxylation is 1. The van der Waals surface area contributed by atoms with Gasteiger partial charge in [-0.2, -0.15) is 5.10 Å². The molecule has 1 fully saturated rings. The van der Waals surface area contributed by atoms with E-state index in [0.29, 0.717) is 40.6 Å². The van der Waals surface area contributed by atoms with Crippen molar-refractivity contribution in [3.05, 3.63) is 53.6 Å². The SMILES string of the molecule is CC(C)c1ccc(N2C[C@H](NS(C)(=O)=O)[C@H]2C)c2cnc(Nc3ccnc(-c4cn(C)nc4Cl)n3)cc12. The second-order valence-corrected chi connectivity index (χ2v) is 11.9. The summed E-state index contributed by atoms with van der Waals surface area (Å²) in [6.45, 7) is 6.95. The first kappa shape index (κ1) is 25.4. The van der Waals surface area contributed by atoms with Crippen LogP contribution in [0.2, 0.25) is 5.15 Å². The number of rotatable bonds is 7. The molecule has 1 aliphatic rings. The molecular formula is C25H29ClN8O2S. The van der Waals surface area contributed by atoms with Gasteiger partial charge in [-0.3, -0.25) is 4.68 Å². The fraction of sp³-hybridized carbons (Fsp3) is 0.360. The average molecular weight is 541 g/mol. The Hall–Kier alpha value is -3.28. The minimum Gasteiger partial charge on any atom is -0.365 e. The fourth-order valence-electron chi connectivity index (χ4n) is 4.71. The second kappa shape index (κ2) is 9.55. The number of fused-ring (bicyclic) bond motifs is 1. The number of nitrogens with one attached hydrogen (secondary N) is 2. The van der Waals surface area contributed by atoms with E-state index >= 15 is 0 Å². The Morgan fingerprint density at radius 1 is 1.14 bits per heavy atom. The highest BCUT2D eigenvalue weighted by Crippen LogP contribution is 2.38. The Bertz CT molecular complexity index is 1590. The molecular weight excluding hydrogens is 512 g/mol. The summed E-state index contributed by atoms with van der Waals surface area (Å²) in [4.78, 5) is 15.8. The van der Waals surface area contributed by atoms with Crippen LogP contribution in [-0.2, 0) is 17.1 Å². The smallest absolute Gasteiger partial charge is 0.209 e. The van der Waals surface area contributed by atoms with Gasteiger partial charge in [-0.15, -0.1) is 0 Å². The van der Waals surface area contributed by atoms with Crippen LogP contribution in [0.3, 0.4) is 0 Å². The van der Waals surface area contributed by atoms with E-state index < -0.39 is 10.0 Å². The van der Waals surface area contributed by atoms with Gasteiger partial charge in [0.1, 0.15) is 11.6 Å². The summed E-state index contributed by atoms with van der Waals surface area (Å²) < 4.78 is 27.7. The highest BCUT2D eigenvalue weighted by atomic mass is 35.5. The third kappa shape index (κ3) is 5.11. The van der Waals surface area contributed by atoms with Gasteiger partial charge in [0, 0.05) is 49.3 Å². The van der Waals surface area contributed by atoms with E-state index in [1.165, 1.54) is 11.8 Å². The van der Waals surface area contributed by atoms with Gasteiger partial charge in [-0.05, 0) is 42.0 Å². The van der Waals surface area contributed by atoms with Crippen molar-refractivity contribution in [1.82, 2.24) is 29.5 Å². The zero-order chi connectivity index (χ0) is 26.5. The molecule has 0 bridgehead atoms. The molecule has 0 radical (unpaired) electrons. The molecule has 1 saturated heterocycles. The first-order chi connectivity index (χ1) is 17.5. The van der Waals surface area contributed by atoms with Gasteiger partial charge < -0.3 is 10.2 Å². The number of hydrogen-bond donors (Lipinski definition) is 2. The lowest BCUT2D eigenvalue weighted by Crippen LogP contribution is -2.65. The first-order valence-electron chi connectivity index (χ1n) is 12.0. The van der Waals surface area contributed by atoms with E-state index in [-0.39, 0.29) is 12.1 Å². The van der Waals surface area contributed by atoms with Crippen LogP contribution in [0.1, 0.15) is 32.3 Å². The summed E-state index contributed by atoms with van der Waals surface area (Å²) in [7, 11) is -1.47. The summed E-state index contributed by atoms with van der Waals surface area (Å²) >= 11 is 6.23. The van der Waals surface area contributed by atoms with Crippen LogP contribution >= 0.6 is 11.6 Å². The van der Waals surface area contributed by atoms with Crippen LogP contribution in [-0.4, -0.2) is 58.0 Å². The van der Waals surface area contributed by atoms with Crippen molar-refractivity contribution >= 4 is 49.7 Å². The number of pyridine rings is 1. The standard InChI is InChI=1S/C25H29ClN8O2S/c1-14(2)16-6-7-21(34-13-20(15(34)3)32-37(5,35)36)18-11-28-23(10-17(16)18)29-22-8-9-27-25(30-22)19-12-33(4)31-24(19)26/h6-12,14-15,20,32H,13H2,1-5H3,(H,27,28,29,30)/t15-,20+/m1/s1. The zero-order valence-corrected chi connectivity index (χ0v) is 22.8. The molecule has 194 valence electrons. The molecule has 0 amide bonds. The fourth-order valence-corrected chi connectivity index (χ4v) is 5.78. The lowest BCUT2D eigenvalue weighted by atomic mass is 9.92. The van der Waals surface area contributed by atoms with Crippen molar-refractivity contribution in [2.45, 2.75) is 38.8 Å². The van der Waals surface area contributed by atoms with E-state index in [4.69, 9.17) is 11.6 Å². The van der Waals surface area contributed by atoms with Crippen molar-refractivity contribution in [2.75, 3.05) is 23.0 Å². The van der Waals surface area contributed by atoms with Gasteiger partial charge in [0.2, 0.25) is 10.0 Å². The molecule has 0 aliphatic carbocycles. The molecule has 0 unspecified atom stereocenters. The Morgan fingerprint density at radius 3 is 2.57 bits per heavy atom. The summed E-state index contributed by atoms with van der Waals surface area (Å²) in [5.41, 5.74) is 2.89. The van der Waals surface area contributed by atoms with E-state index in [2.05, 4.69) is 61.0 Å². The predicted molar refractivity (Wildman–Crippen MR) is 147 cm³/mol. The number of nitrogens with zero attached hydrogens (tertiary/aromatic N) is 6. The lowest BCUT2D eigenvalue weighted by molar-refractivity contribution is 0.376. The highest BCUT2D eigenvalue weighted by Gasteiger charge is 2.38. The maximum absolute atomic E-state index is 11.7. The van der Waals surface area contributed by atoms with Crippen molar-refractivity contribution in [1.29, 1.82) is 0 Å². The third-order valence-corrected chi connectivity index (χ3v) is 7.62. The van der Waals surface area contributed by atoms with E-state index in [9.17, 15) is 8.42 Å². The van der Waals surface area contributed by atoms with Gasteiger partial charge in [-0.25, -0.2) is 28.1 Å². The van der Waals surface area contributed by atoms with Gasteiger partial charge >= 0.3 is 0 Å². The molecule has 1 aliphatic heterocycles. The second-order valence-electron chi connectivity index (χ2n) is 9.73. The Kier molecular flexibility index (Phi) is 6.55. The molecule has 0 saturated carbocycles. The van der Waals surface area contributed by atoms with Crippen LogP contribution in [0.4, 0.5) is 17.3 Å². The van der Waals surface area contributed by atoms with Gasteiger partial charge in [0.25, 0.3) is 0 Å². The van der Waals surface area contributed by atoms with Crippen LogP contribution in [0, 0.1) is 0 Å². The van der Waals surface area contributed by atoms with Crippen molar-refractivity contribution in [3.63, 3.8) is 0 Å². The molecule has 5 rings (SSSR count). The van der Waals surface area contributed by atoms with E-state index in [1.807, 2.05) is 19.2 Å². The van der Waals surface area contributed by atoms with Gasteiger partial charge in [0.15, 0.2) is 11.0 Å². The molecule has 4 heterocycles. The monoisotopic (exact) mass is 540 g/mol. The summed E-state index contributed by atoms with van der Waals surface area (Å²) in [5.74, 6) is 2.02. The Morgan fingerprint density at radius 2 is 1.92 bits per heavy atom. The molecule has 3 aromatic heterocycles. The van der Waals surface area contributed by atoms with Gasteiger partial charge in [0.05, 0.1) is 17.9 Å². The first-order valence-corrected chi connectivity index (χ1v) is 14.2. The summed E-state index contributed by atoms with van der Waals surface area (Å²) in [5, 5.41) is 9.89. The predicted octanol–water partition coefficient (Wildman–Crippen LogP) is 4.07. The normalized spacial score (nSPS) is 17.9. The van der Waals surface area contributed by atoms with Crippen LogP contribution in [0.5, 0.6) is 0 Å². The molecule has 12 heteroatoms. The van der Waals surface area contributed by atoms with Crippen molar-refractivity contribution in [2.24, 2.45) is 7.05 Å². The minimum absolute atomic E-state index is 0.0272. The number of sulfonamides is 1. The average Bonchev–Trinajstić information content (AvgIpc) is 3.18. The number of hydrogen-bond acceptors (Lipinski definition) is 8. The topological polar surface area (TPSA) is 118 Å². The maximum atomic E-state index is 11.7. The number of halogens is 1. The van der Waals surface area contributed by atoms with Gasteiger partial charge in [-0.1, -0.05) is 31.5 Å². The van der Waals surface area contributed by atoms with Crippen molar-refractivity contribution in [3.8, 4) is 11.4 Å². The molecule has 37 heavy (non-hydrogen) atoms. The largest absolute Gasteiger partial charge is 0.365 e. The number of aromatic nitrogens is 5.